The van der Waals surface area contributed by atoms with Gasteiger partial charge in [-0.25, -0.2) is 0 Å². The number of nitrogens with zero attached hydrogens (tertiary/aromatic N) is 1. The van der Waals surface area contributed by atoms with Crippen LogP contribution in [0.2, 0.25) is 18.1 Å². The van der Waals surface area contributed by atoms with Gasteiger partial charge in [0.15, 0.2) is 8.32 Å². The highest BCUT2D eigenvalue weighted by molar-refractivity contribution is 6.74. The number of hydrogen-bond donors (Lipinski definition) is 0. The average molecular weight is 372 g/mol. The Morgan fingerprint density at radius 2 is 1.96 bits per heavy atom. The summed E-state index contributed by atoms with van der Waals surface area (Å²) in [4.78, 5) is 14.7. The maximum atomic E-state index is 12.7. The summed E-state index contributed by atoms with van der Waals surface area (Å²) in [7, 11) is -1.88. The summed E-state index contributed by atoms with van der Waals surface area (Å²) < 4.78 is 6.48. The molecule has 0 aliphatic carbocycles. The van der Waals surface area contributed by atoms with Crippen LogP contribution >= 0.6 is 0 Å². The third-order valence-electron chi connectivity index (χ3n) is 5.86. The summed E-state index contributed by atoms with van der Waals surface area (Å²) in [5.74, 6) is -0.0322. The summed E-state index contributed by atoms with van der Waals surface area (Å²) in [6.07, 6.45) is 4.86. The molecular weight excluding hydrogens is 338 g/mol. The van der Waals surface area contributed by atoms with Gasteiger partial charge in [-0.15, -0.1) is 6.58 Å². The Balaban J connectivity index is 2.36. The molecule has 1 aromatic rings. The van der Waals surface area contributed by atoms with Crippen LogP contribution in [0.3, 0.4) is 0 Å². The number of rotatable bonds is 6. The van der Waals surface area contributed by atoms with Crippen molar-refractivity contribution in [2.24, 2.45) is 0 Å². The molecule has 0 bridgehead atoms. The van der Waals surface area contributed by atoms with Crippen molar-refractivity contribution in [1.29, 1.82) is 0 Å². The minimum absolute atomic E-state index is 0.00374. The third kappa shape index (κ3) is 4.18. The van der Waals surface area contributed by atoms with E-state index in [0.717, 1.165) is 12.8 Å². The molecule has 3 nitrogen and oxygen atoms in total. The first-order valence-corrected chi connectivity index (χ1v) is 12.3. The fourth-order valence-electron chi connectivity index (χ4n) is 3.30. The van der Waals surface area contributed by atoms with E-state index < -0.39 is 8.32 Å². The smallest absolute Gasteiger partial charge is 0.246 e. The number of fused-ring (bicyclic) bond motifs is 1. The molecule has 1 amide bonds. The van der Waals surface area contributed by atoms with Crippen LogP contribution in [0.1, 0.15) is 44.4 Å². The first-order chi connectivity index (χ1) is 12.1. The van der Waals surface area contributed by atoms with Crippen molar-refractivity contribution < 1.29 is 9.22 Å². The SMILES string of the molecule is C=CC[C@@H]1c2ccccc2C[C@@H](CO[Si](C)(C)C(C)(C)C)N1C(=O)C=C. The molecule has 0 saturated carbocycles. The maximum absolute atomic E-state index is 12.7. The summed E-state index contributed by atoms with van der Waals surface area (Å²) in [5.41, 5.74) is 2.52. The Kier molecular flexibility index (Phi) is 6.30. The second-order valence-electron chi connectivity index (χ2n) is 8.62. The van der Waals surface area contributed by atoms with Crippen molar-refractivity contribution in [3.8, 4) is 0 Å². The van der Waals surface area contributed by atoms with E-state index in [2.05, 4.69) is 65.2 Å². The molecule has 2 atom stereocenters. The van der Waals surface area contributed by atoms with Gasteiger partial charge in [-0.2, -0.15) is 0 Å². The molecule has 1 aliphatic heterocycles. The van der Waals surface area contributed by atoms with E-state index in [0.29, 0.717) is 6.61 Å². The van der Waals surface area contributed by atoms with Gasteiger partial charge in [0.25, 0.3) is 0 Å². The van der Waals surface area contributed by atoms with Gasteiger partial charge in [0.05, 0.1) is 18.7 Å². The highest BCUT2D eigenvalue weighted by Gasteiger charge is 2.40. The topological polar surface area (TPSA) is 29.5 Å². The van der Waals surface area contributed by atoms with E-state index in [1.165, 1.54) is 17.2 Å². The van der Waals surface area contributed by atoms with Crippen LogP contribution in [0.25, 0.3) is 0 Å². The molecule has 2 rings (SSSR count). The van der Waals surface area contributed by atoms with Crippen molar-refractivity contribution in [1.82, 2.24) is 4.90 Å². The molecule has 0 N–H and O–H groups in total. The van der Waals surface area contributed by atoms with E-state index in [-0.39, 0.29) is 23.0 Å². The van der Waals surface area contributed by atoms with Gasteiger partial charge in [0.1, 0.15) is 0 Å². The highest BCUT2D eigenvalue weighted by Crippen LogP contribution is 2.39. The van der Waals surface area contributed by atoms with Gasteiger partial charge in [-0.1, -0.05) is 57.7 Å². The average Bonchev–Trinajstić information content (AvgIpc) is 2.58. The summed E-state index contributed by atoms with van der Waals surface area (Å²) >= 11 is 0. The maximum Gasteiger partial charge on any atom is 0.246 e. The molecule has 0 unspecified atom stereocenters. The van der Waals surface area contributed by atoms with Crippen LogP contribution in [0, 0.1) is 0 Å². The lowest BCUT2D eigenvalue weighted by atomic mass is 9.86. The molecule has 142 valence electrons. The zero-order chi connectivity index (χ0) is 19.5. The van der Waals surface area contributed by atoms with Gasteiger partial charge in [0.2, 0.25) is 5.91 Å². The largest absolute Gasteiger partial charge is 0.415 e. The van der Waals surface area contributed by atoms with Crippen LogP contribution in [-0.4, -0.2) is 31.8 Å². The highest BCUT2D eigenvalue weighted by atomic mass is 28.4. The molecule has 0 aromatic heterocycles. The lowest BCUT2D eigenvalue weighted by Crippen LogP contribution is -2.51. The van der Waals surface area contributed by atoms with Crippen LogP contribution in [-0.2, 0) is 15.6 Å². The number of carbonyl (C=O) groups excluding carboxylic acids is 1. The van der Waals surface area contributed by atoms with Crippen molar-refractivity contribution >= 4 is 14.2 Å². The Labute approximate surface area is 159 Å². The van der Waals surface area contributed by atoms with Crippen molar-refractivity contribution in [3.63, 3.8) is 0 Å². The fraction of sp³-hybridized carbons (Fsp3) is 0.500. The Morgan fingerprint density at radius 3 is 2.54 bits per heavy atom. The second kappa shape index (κ2) is 7.93. The van der Waals surface area contributed by atoms with Gasteiger partial charge in [0, 0.05) is 0 Å². The molecule has 0 fully saturated rings. The Morgan fingerprint density at radius 1 is 1.31 bits per heavy atom. The predicted octanol–water partition coefficient (Wildman–Crippen LogP) is 5.26. The lowest BCUT2D eigenvalue weighted by molar-refractivity contribution is -0.132. The van der Waals surface area contributed by atoms with Crippen LogP contribution < -0.4 is 0 Å². The standard InChI is InChI=1S/C22H33NO2Si/c1-8-12-20-19-14-11-10-13-17(19)15-18(23(20)21(24)9-2)16-25-26(6,7)22(3,4)5/h8-11,13-14,18,20H,1-2,12,15-16H2,3-7H3/t18-,20+/m0/s1. The second-order valence-corrected chi connectivity index (χ2v) is 13.4. The van der Waals surface area contributed by atoms with Gasteiger partial charge < -0.3 is 9.33 Å². The van der Waals surface area contributed by atoms with Gasteiger partial charge >= 0.3 is 0 Å². The van der Waals surface area contributed by atoms with Crippen molar-refractivity contribution in [3.05, 3.63) is 60.7 Å². The zero-order valence-corrected chi connectivity index (χ0v) is 17.9. The first kappa shape index (κ1) is 20.7. The van der Waals surface area contributed by atoms with Crippen LogP contribution in [0.4, 0.5) is 0 Å². The van der Waals surface area contributed by atoms with Crippen molar-refractivity contribution in [2.45, 2.75) is 63.8 Å². The number of benzene rings is 1. The molecule has 1 heterocycles. The normalized spacial score (nSPS) is 20.4. The number of hydrogen-bond acceptors (Lipinski definition) is 2. The molecule has 0 spiro atoms. The molecule has 4 heteroatoms. The quantitative estimate of drug-likeness (QED) is 0.387. The van der Waals surface area contributed by atoms with Crippen LogP contribution in [0.5, 0.6) is 0 Å². The number of amides is 1. The molecule has 0 radical (unpaired) electrons. The minimum Gasteiger partial charge on any atom is -0.415 e. The monoisotopic (exact) mass is 371 g/mol. The fourth-order valence-corrected chi connectivity index (χ4v) is 4.34. The molecule has 0 saturated heterocycles. The number of carbonyl (C=O) groups is 1. The summed E-state index contributed by atoms with van der Waals surface area (Å²) in [6.45, 7) is 19.4. The summed E-state index contributed by atoms with van der Waals surface area (Å²) in [5, 5.41) is 0.146. The summed E-state index contributed by atoms with van der Waals surface area (Å²) in [6, 6.07) is 8.42. The zero-order valence-electron chi connectivity index (χ0n) is 16.9. The minimum atomic E-state index is -1.88. The van der Waals surface area contributed by atoms with E-state index in [1.807, 2.05) is 17.0 Å². The molecule has 1 aliphatic rings. The van der Waals surface area contributed by atoms with Gasteiger partial charge in [-0.05, 0) is 48.2 Å². The van der Waals surface area contributed by atoms with Crippen molar-refractivity contribution in [2.75, 3.05) is 6.61 Å². The Bertz CT molecular complexity index is 675. The first-order valence-electron chi connectivity index (χ1n) is 9.39. The lowest BCUT2D eigenvalue weighted by Gasteiger charge is -2.45. The molecule has 1 aromatic carbocycles. The third-order valence-corrected chi connectivity index (χ3v) is 10.4. The van der Waals surface area contributed by atoms with E-state index in [1.54, 1.807) is 0 Å². The van der Waals surface area contributed by atoms with Crippen LogP contribution in [0.15, 0.2) is 49.6 Å². The van der Waals surface area contributed by atoms with Gasteiger partial charge in [-0.3, -0.25) is 4.79 Å². The Hall–Kier alpha value is -1.65. The van der Waals surface area contributed by atoms with E-state index >= 15 is 0 Å². The van der Waals surface area contributed by atoms with E-state index in [4.69, 9.17) is 4.43 Å². The predicted molar refractivity (Wildman–Crippen MR) is 112 cm³/mol. The molecular formula is C22H33NO2Si. The van der Waals surface area contributed by atoms with E-state index in [9.17, 15) is 4.79 Å². The molecule has 26 heavy (non-hydrogen) atoms.